The summed E-state index contributed by atoms with van der Waals surface area (Å²) in [5.41, 5.74) is 2.60. The van der Waals surface area contributed by atoms with Crippen LogP contribution in [0.2, 0.25) is 10.2 Å². The number of piperidine rings is 1. The second-order valence-electron chi connectivity index (χ2n) is 12.2. The Balaban J connectivity index is 0.946. The van der Waals surface area contributed by atoms with Crippen LogP contribution in [0.5, 0.6) is 5.88 Å². The van der Waals surface area contributed by atoms with Gasteiger partial charge in [0.2, 0.25) is 17.7 Å². The van der Waals surface area contributed by atoms with Crippen LogP contribution in [-0.4, -0.2) is 93.5 Å². The van der Waals surface area contributed by atoms with Gasteiger partial charge in [0, 0.05) is 44.6 Å². The lowest BCUT2D eigenvalue weighted by Crippen LogP contribution is -2.54. The monoisotopic (exact) mass is 766 g/mol. The number of rotatable bonds is 15. The summed E-state index contributed by atoms with van der Waals surface area (Å²) in [6.45, 7) is 3.73. The van der Waals surface area contributed by atoms with Gasteiger partial charge in [-0.2, -0.15) is 5.10 Å². The van der Waals surface area contributed by atoms with E-state index < -0.39 is 41.8 Å². The van der Waals surface area contributed by atoms with Gasteiger partial charge in [-0.15, -0.1) is 0 Å². The summed E-state index contributed by atoms with van der Waals surface area (Å²) < 4.78 is 12.8. The van der Waals surface area contributed by atoms with Gasteiger partial charge in [0.15, 0.2) is 10.8 Å². The third-order valence-electron chi connectivity index (χ3n) is 8.63. The van der Waals surface area contributed by atoms with Gasteiger partial charge in [0.1, 0.15) is 18.3 Å². The third kappa shape index (κ3) is 8.33. The first-order valence-electron chi connectivity index (χ1n) is 16.8. The first kappa shape index (κ1) is 37.4. The molecule has 6 rings (SSSR count). The molecule has 2 aliphatic heterocycles. The van der Waals surface area contributed by atoms with E-state index in [0.29, 0.717) is 47.4 Å². The predicted octanol–water partition coefficient (Wildman–Crippen LogP) is 4.04. The molecule has 1 saturated heterocycles. The number of carbonyl (C=O) groups is 5. The Labute approximate surface area is 313 Å². The van der Waals surface area contributed by atoms with Crippen molar-refractivity contribution in [3.05, 3.63) is 69.7 Å². The molecule has 17 nitrogen and oxygen atoms in total. The van der Waals surface area contributed by atoms with Crippen molar-refractivity contribution in [3.63, 3.8) is 0 Å². The largest absolute Gasteiger partial charge is 0.475 e. The van der Waals surface area contributed by atoms with E-state index in [2.05, 4.69) is 41.7 Å². The van der Waals surface area contributed by atoms with Gasteiger partial charge in [-0.1, -0.05) is 29.3 Å². The highest BCUT2D eigenvalue weighted by Gasteiger charge is 2.45. The SMILES string of the molecule is CO[C@@H](C)c1c(NC(=O)Nc2cc(Cl)cnc2OCCNCCCCNc2cccc3c2C(=O)N(C2CCC(=O)NC2=O)C3=O)cnc2cc(Cl)nn12. The van der Waals surface area contributed by atoms with Crippen LogP contribution in [-0.2, 0) is 14.3 Å². The average Bonchev–Trinajstić information content (AvgIpc) is 3.63. The fourth-order valence-electron chi connectivity index (χ4n) is 6.03. The number of carbonyl (C=O) groups excluding carboxylic acids is 5. The molecule has 1 aromatic carbocycles. The Hall–Kier alpha value is -5.36. The lowest BCUT2D eigenvalue weighted by Gasteiger charge is -2.27. The van der Waals surface area contributed by atoms with E-state index in [4.69, 9.17) is 32.7 Å². The maximum Gasteiger partial charge on any atom is 0.323 e. The van der Waals surface area contributed by atoms with Gasteiger partial charge in [-0.3, -0.25) is 29.4 Å². The van der Waals surface area contributed by atoms with E-state index >= 15 is 0 Å². The molecular formula is C34H36Cl2N10O7. The molecular weight excluding hydrogens is 731 g/mol. The summed E-state index contributed by atoms with van der Waals surface area (Å²) >= 11 is 12.2. The Bertz CT molecular complexity index is 2080. The second kappa shape index (κ2) is 16.5. The highest BCUT2D eigenvalue weighted by molar-refractivity contribution is 6.31. The van der Waals surface area contributed by atoms with Crippen LogP contribution < -0.4 is 31.3 Å². The molecule has 3 aromatic heterocycles. The molecule has 0 saturated carbocycles. The van der Waals surface area contributed by atoms with Gasteiger partial charge in [0.25, 0.3) is 11.8 Å². The molecule has 5 N–H and O–H groups in total. The van der Waals surface area contributed by atoms with Crippen molar-refractivity contribution in [3.8, 4) is 5.88 Å². The number of benzene rings is 1. The summed E-state index contributed by atoms with van der Waals surface area (Å²) in [4.78, 5) is 72.8. The maximum absolute atomic E-state index is 13.3. The first-order valence-corrected chi connectivity index (χ1v) is 17.5. The molecule has 6 amide bonds. The number of nitrogens with zero attached hydrogens (tertiary/aromatic N) is 5. The molecule has 19 heteroatoms. The van der Waals surface area contributed by atoms with Crippen molar-refractivity contribution in [2.75, 3.05) is 49.3 Å². The lowest BCUT2D eigenvalue weighted by molar-refractivity contribution is -0.136. The number of ether oxygens (including phenoxy) is 2. The lowest BCUT2D eigenvalue weighted by atomic mass is 10.0. The molecule has 2 aliphatic rings. The summed E-state index contributed by atoms with van der Waals surface area (Å²) in [5, 5.41) is 19.0. The molecule has 4 aromatic rings. The Kier molecular flexibility index (Phi) is 11.7. The predicted molar refractivity (Wildman–Crippen MR) is 195 cm³/mol. The summed E-state index contributed by atoms with van der Waals surface area (Å²) in [7, 11) is 1.53. The van der Waals surface area contributed by atoms with Crippen molar-refractivity contribution in [1.29, 1.82) is 0 Å². The van der Waals surface area contributed by atoms with E-state index in [0.717, 1.165) is 17.7 Å². The number of unbranched alkanes of at least 4 members (excludes halogenated alkanes) is 1. The second-order valence-corrected chi connectivity index (χ2v) is 13.0. The smallest absolute Gasteiger partial charge is 0.323 e. The molecule has 0 radical (unpaired) electrons. The molecule has 278 valence electrons. The van der Waals surface area contributed by atoms with Gasteiger partial charge < -0.3 is 30.7 Å². The molecule has 2 atom stereocenters. The number of halogens is 2. The topological polar surface area (TPSA) is 210 Å². The average molecular weight is 768 g/mol. The molecule has 1 unspecified atom stereocenters. The quantitative estimate of drug-likeness (QED) is 0.0858. The number of urea groups is 1. The molecule has 5 heterocycles. The highest BCUT2D eigenvalue weighted by atomic mass is 35.5. The standard InChI is InChI=1S/C34H36Cl2N10O7/c1-18(52-2)29-23(17-39-26-15-25(36)44-46(26)29)42-34(51)41-22-14-19(35)16-40-31(22)53-13-12-37-10-3-4-11-38-21-7-5-6-20-28(21)33(50)45(32(20)49)24-8-9-27(47)43-30(24)48/h5-7,14-18,24,37-38H,3-4,8-13H2,1-2H3,(H2,41,42,51)(H,43,47,48)/t18-,24?/m0/s1. The van der Waals surface area contributed by atoms with Gasteiger partial charge >= 0.3 is 6.03 Å². The van der Waals surface area contributed by atoms with Crippen molar-refractivity contribution in [1.82, 2.24) is 35.1 Å². The Morgan fingerprint density at radius 2 is 1.79 bits per heavy atom. The minimum Gasteiger partial charge on any atom is -0.475 e. The number of imide groups is 2. The molecule has 0 aliphatic carbocycles. The normalized spacial score (nSPS) is 16.1. The first-order chi connectivity index (χ1) is 25.5. The van der Waals surface area contributed by atoms with E-state index in [1.807, 2.05) is 0 Å². The van der Waals surface area contributed by atoms with E-state index in [9.17, 15) is 24.0 Å². The van der Waals surface area contributed by atoms with Crippen molar-refractivity contribution in [2.45, 2.75) is 44.8 Å². The molecule has 53 heavy (non-hydrogen) atoms. The van der Waals surface area contributed by atoms with E-state index in [1.54, 1.807) is 31.2 Å². The van der Waals surface area contributed by atoms with E-state index in [-0.39, 0.29) is 47.3 Å². The highest BCUT2D eigenvalue weighted by Crippen LogP contribution is 2.33. The minimum atomic E-state index is -1.02. The summed E-state index contributed by atoms with van der Waals surface area (Å²) in [6, 6.07) is 6.46. The zero-order chi connectivity index (χ0) is 37.6. The van der Waals surface area contributed by atoms with Crippen molar-refractivity contribution < 1.29 is 33.4 Å². The van der Waals surface area contributed by atoms with Crippen molar-refractivity contribution in [2.24, 2.45) is 0 Å². The number of methoxy groups -OCH3 is 1. The number of anilines is 3. The molecule has 0 bridgehead atoms. The summed E-state index contributed by atoms with van der Waals surface area (Å²) in [6.07, 6.45) is 4.14. The van der Waals surface area contributed by atoms with Gasteiger partial charge in [-0.25, -0.2) is 19.3 Å². The van der Waals surface area contributed by atoms with Crippen LogP contribution in [0.3, 0.4) is 0 Å². The Morgan fingerprint density at radius 1 is 1.00 bits per heavy atom. The van der Waals surface area contributed by atoms with Gasteiger partial charge in [0.05, 0.1) is 39.8 Å². The Morgan fingerprint density at radius 3 is 2.58 bits per heavy atom. The number of pyridine rings is 1. The van der Waals surface area contributed by atoms with E-state index in [1.165, 1.54) is 30.1 Å². The number of amides is 6. The number of nitrogens with one attached hydrogen (secondary N) is 5. The van der Waals surface area contributed by atoms with Crippen LogP contribution in [0, 0.1) is 0 Å². The van der Waals surface area contributed by atoms with Crippen LogP contribution >= 0.6 is 23.2 Å². The number of fused-ring (bicyclic) bond motifs is 2. The zero-order valence-electron chi connectivity index (χ0n) is 28.7. The fourth-order valence-corrected chi connectivity index (χ4v) is 6.37. The number of aromatic nitrogens is 4. The van der Waals surface area contributed by atoms with Crippen LogP contribution in [0.15, 0.2) is 42.7 Å². The van der Waals surface area contributed by atoms with Crippen LogP contribution in [0.4, 0.5) is 21.9 Å². The molecule has 0 spiro atoms. The van der Waals surface area contributed by atoms with Crippen molar-refractivity contribution >= 4 is 75.6 Å². The molecule has 1 fully saturated rings. The van der Waals surface area contributed by atoms with Crippen LogP contribution in [0.25, 0.3) is 5.65 Å². The minimum absolute atomic E-state index is 0.0567. The zero-order valence-corrected chi connectivity index (χ0v) is 30.2. The summed E-state index contributed by atoms with van der Waals surface area (Å²) in [5.74, 6) is -2.00. The number of hydrogen-bond donors (Lipinski definition) is 5. The van der Waals surface area contributed by atoms with Crippen LogP contribution in [0.1, 0.15) is 65.1 Å². The maximum atomic E-state index is 13.3. The third-order valence-corrected chi connectivity index (χ3v) is 9.02. The number of hydrogen-bond acceptors (Lipinski definition) is 12. The van der Waals surface area contributed by atoms with Gasteiger partial charge in [-0.05, 0) is 50.9 Å². The fraction of sp³-hybridized carbons (Fsp3) is 0.353.